The Morgan fingerprint density at radius 1 is 1.03 bits per heavy atom. The average Bonchev–Trinajstić information content (AvgIpc) is 2.78. The van der Waals surface area contributed by atoms with Gasteiger partial charge in [0.2, 0.25) is 0 Å². The fourth-order valence-corrected chi connectivity index (χ4v) is 4.64. The van der Waals surface area contributed by atoms with Gasteiger partial charge in [-0.1, -0.05) is 6.07 Å². The molecule has 2 aromatic rings. The molecule has 5 nitrogen and oxygen atoms in total. The van der Waals surface area contributed by atoms with Gasteiger partial charge in [-0.2, -0.15) is 26.3 Å². The minimum absolute atomic E-state index is 0.0156. The van der Waals surface area contributed by atoms with Gasteiger partial charge in [-0.3, -0.25) is 9.71 Å². The van der Waals surface area contributed by atoms with E-state index in [1.807, 2.05) is 6.07 Å². The summed E-state index contributed by atoms with van der Waals surface area (Å²) in [6.45, 7) is 0.698. The molecule has 0 bridgehead atoms. The SMILES string of the molecule is O=C(NCc1cccnc1)NC1CCC(CNSc2cc(C(F)(F)F)ccc2C(F)(F)F)CC1. The molecule has 1 aromatic carbocycles. The van der Waals surface area contributed by atoms with E-state index in [0.717, 1.165) is 18.4 Å². The molecule has 3 N–H and O–H groups in total. The predicted molar refractivity (Wildman–Crippen MR) is 116 cm³/mol. The number of carbonyl (C=O) groups is 1. The standard InChI is InChI=1S/C22H24F6N4OS/c23-21(24,25)16-5-8-18(22(26,27)28)19(10-16)34-31-13-14-3-6-17(7-4-14)32-20(33)30-12-15-2-1-9-29-11-15/h1-2,5,8-11,14,17,31H,3-4,6-7,12-13H2,(H2,30,32,33). The Hall–Kier alpha value is -2.47. The Morgan fingerprint density at radius 3 is 2.38 bits per heavy atom. The van der Waals surface area contributed by atoms with Crippen LogP contribution in [0.3, 0.4) is 0 Å². The van der Waals surface area contributed by atoms with Gasteiger partial charge < -0.3 is 10.6 Å². The highest BCUT2D eigenvalue weighted by molar-refractivity contribution is 7.97. The summed E-state index contributed by atoms with van der Waals surface area (Å²) in [5.41, 5.74) is -1.36. The second-order valence-corrected chi connectivity index (χ2v) is 9.00. The molecule has 1 fully saturated rings. The molecule has 2 amide bonds. The first-order valence-corrected chi connectivity index (χ1v) is 11.5. The van der Waals surface area contributed by atoms with Crippen LogP contribution in [0, 0.1) is 5.92 Å². The van der Waals surface area contributed by atoms with Crippen molar-refractivity contribution >= 4 is 18.0 Å². The Labute approximate surface area is 197 Å². The number of carbonyl (C=O) groups excluding carboxylic acids is 1. The van der Waals surface area contributed by atoms with Crippen LogP contribution in [0.25, 0.3) is 0 Å². The Kier molecular flexibility index (Phi) is 8.69. The number of rotatable bonds is 7. The molecule has 186 valence electrons. The molecular weight excluding hydrogens is 482 g/mol. The van der Waals surface area contributed by atoms with Crippen molar-refractivity contribution in [2.75, 3.05) is 6.54 Å². The van der Waals surface area contributed by atoms with Crippen molar-refractivity contribution in [1.29, 1.82) is 0 Å². The van der Waals surface area contributed by atoms with Gasteiger partial charge in [0.05, 0.1) is 11.1 Å². The fraction of sp³-hybridized carbons (Fsp3) is 0.455. The van der Waals surface area contributed by atoms with Crippen LogP contribution >= 0.6 is 11.9 Å². The van der Waals surface area contributed by atoms with Crippen LogP contribution in [0.4, 0.5) is 31.1 Å². The molecule has 0 aliphatic heterocycles. The lowest BCUT2D eigenvalue weighted by Gasteiger charge is -2.29. The molecule has 34 heavy (non-hydrogen) atoms. The van der Waals surface area contributed by atoms with E-state index in [-0.39, 0.29) is 18.0 Å². The van der Waals surface area contributed by atoms with Crippen LogP contribution in [-0.4, -0.2) is 23.6 Å². The lowest BCUT2D eigenvalue weighted by molar-refractivity contribution is -0.143. The Balaban J connectivity index is 1.43. The third kappa shape index (κ3) is 7.79. The molecule has 1 aliphatic carbocycles. The number of amides is 2. The number of urea groups is 1. The van der Waals surface area contributed by atoms with Crippen LogP contribution in [0.15, 0.2) is 47.6 Å². The van der Waals surface area contributed by atoms with E-state index in [4.69, 9.17) is 0 Å². The third-order valence-electron chi connectivity index (χ3n) is 5.53. The van der Waals surface area contributed by atoms with E-state index in [9.17, 15) is 31.1 Å². The molecule has 1 aliphatic rings. The van der Waals surface area contributed by atoms with Crippen LogP contribution in [-0.2, 0) is 18.9 Å². The highest BCUT2D eigenvalue weighted by Gasteiger charge is 2.37. The van der Waals surface area contributed by atoms with E-state index in [2.05, 4.69) is 20.3 Å². The van der Waals surface area contributed by atoms with Crippen LogP contribution < -0.4 is 15.4 Å². The number of benzene rings is 1. The highest BCUT2D eigenvalue weighted by atomic mass is 32.2. The summed E-state index contributed by atoms with van der Waals surface area (Å²) in [5, 5.41) is 5.67. The topological polar surface area (TPSA) is 66.0 Å². The first-order chi connectivity index (χ1) is 16.0. The number of aromatic nitrogens is 1. The first-order valence-electron chi connectivity index (χ1n) is 10.6. The number of hydrogen-bond donors (Lipinski definition) is 3. The fourth-order valence-electron chi connectivity index (χ4n) is 3.69. The number of alkyl halides is 6. The van der Waals surface area contributed by atoms with Crippen molar-refractivity contribution in [3.63, 3.8) is 0 Å². The van der Waals surface area contributed by atoms with Gasteiger partial charge in [0.15, 0.2) is 0 Å². The lowest BCUT2D eigenvalue weighted by atomic mass is 9.86. The molecule has 1 saturated carbocycles. The number of nitrogens with one attached hydrogen (secondary N) is 3. The van der Waals surface area contributed by atoms with Gasteiger partial charge in [-0.05, 0) is 73.4 Å². The number of halogens is 6. The van der Waals surface area contributed by atoms with Gasteiger partial charge in [0.1, 0.15) is 0 Å². The molecule has 3 rings (SSSR count). The minimum atomic E-state index is -4.75. The summed E-state index contributed by atoms with van der Waals surface area (Å²) in [6.07, 6.45) is -3.31. The molecule has 0 spiro atoms. The van der Waals surface area contributed by atoms with Crippen molar-refractivity contribution in [2.24, 2.45) is 5.92 Å². The van der Waals surface area contributed by atoms with E-state index in [1.54, 1.807) is 18.5 Å². The molecular formula is C22H24F6N4OS. The molecule has 0 radical (unpaired) electrons. The minimum Gasteiger partial charge on any atom is -0.335 e. The maximum Gasteiger partial charge on any atom is 0.417 e. The summed E-state index contributed by atoms with van der Waals surface area (Å²) < 4.78 is 81.1. The second-order valence-electron chi connectivity index (χ2n) is 8.06. The summed E-state index contributed by atoms with van der Waals surface area (Å²) in [6, 6.07) is 4.74. The number of hydrogen-bond acceptors (Lipinski definition) is 4. The van der Waals surface area contributed by atoms with Gasteiger partial charge in [-0.25, -0.2) is 4.79 Å². The zero-order chi connectivity index (χ0) is 24.8. The quantitative estimate of drug-likeness (QED) is 0.329. The van der Waals surface area contributed by atoms with E-state index in [0.29, 0.717) is 56.1 Å². The van der Waals surface area contributed by atoms with Crippen LogP contribution in [0.1, 0.15) is 42.4 Å². The maximum atomic E-state index is 13.2. The lowest BCUT2D eigenvalue weighted by Crippen LogP contribution is -2.43. The summed E-state index contributed by atoms with van der Waals surface area (Å²) >= 11 is 0.559. The van der Waals surface area contributed by atoms with Gasteiger partial charge in [0, 0.05) is 36.4 Å². The molecule has 1 aromatic heterocycles. The van der Waals surface area contributed by atoms with Crippen molar-refractivity contribution in [3.05, 3.63) is 59.4 Å². The smallest absolute Gasteiger partial charge is 0.335 e. The van der Waals surface area contributed by atoms with Crippen LogP contribution in [0.5, 0.6) is 0 Å². The van der Waals surface area contributed by atoms with E-state index >= 15 is 0 Å². The highest BCUT2D eigenvalue weighted by Crippen LogP contribution is 2.39. The average molecular weight is 507 g/mol. The molecule has 0 atom stereocenters. The molecule has 0 unspecified atom stereocenters. The summed E-state index contributed by atoms with van der Waals surface area (Å²) in [7, 11) is 0. The monoisotopic (exact) mass is 506 g/mol. The molecule has 12 heteroatoms. The number of nitrogens with zero attached hydrogens (tertiary/aromatic N) is 1. The zero-order valence-electron chi connectivity index (χ0n) is 18.0. The third-order valence-corrected chi connectivity index (χ3v) is 6.39. The molecule has 1 heterocycles. The summed E-state index contributed by atoms with van der Waals surface area (Å²) in [5.74, 6) is 0.143. The Morgan fingerprint density at radius 2 is 1.76 bits per heavy atom. The van der Waals surface area contributed by atoms with Crippen molar-refractivity contribution in [3.8, 4) is 0 Å². The van der Waals surface area contributed by atoms with Crippen molar-refractivity contribution in [2.45, 2.75) is 55.5 Å². The van der Waals surface area contributed by atoms with E-state index < -0.39 is 28.4 Å². The van der Waals surface area contributed by atoms with Gasteiger partial charge in [0.25, 0.3) is 0 Å². The normalized spacial score (nSPS) is 19.0. The largest absolute Gasteiger partial charge is 0.417 e. The first kappa shape index (κ1) is 26.1. The maximum absolute atomic E-state index is 13.2. The Bertz CT molecular complexity index is 947. The van der Waals surface area contributed by atoms with Crippen molar-refractivity contribution < 1.29 is 31.1 Å². The zero-order valence-corrected chi connectivity index (χ0v) is 18.8. The number of pyridine rings is 1. The van der Waals surface area contributed by atoms with E-state index in [1.165, 1.54) is 0 Å². The van der Waals surface area contributed by atoms with Gasteiger partial charge >= 0.3 is 18.4 Å². The molecule has 0 saturated heterocycles. The predicted octanol–water partition coefficient (Wildman–Crippen LogP) is 5.77. The van der Waals surface area contributed by atoms with Crippen LogP contribution in [0.2, 0.25) is 0 Å². The van der Waals surface area contributed by atoms with Gasteiger partial charge in [-0.15, -0.1) is 0 Å². The second kappa shape index (κ2) is 11.3. The van der Waals surface area contributed by atoms with Crippen molar-refractivity contribution in [1.82, 2.24) is 20.3 Å². The summed E-state index contributed by atoms with van der Waals surface area (Å²) in [4.78, 5) is 15.5.